The number of carbonyl (C=O) groups excluding carboxylic acids is 1. The average molecular weight is 511 g/mol. The minimum atomic E-state index is -0.452. The van der Waals surface area contributed by atoms with Gasteiger partial charge in [0.05, 0.1) is 7.11 Å². The fourth-order valence-corrected chi connectivity index (χ4v) is 3.39. The molecule has 11 heteroatoms. The Kier molecular flexibility index (Phi) is 8.10. The summed E-state index contributed by atoms with van der Waals surface area (Å²) >= 11 is 9.80. The van der Waals surface area contributed by atoms with Crippen molar-refractivity contribution in [3.05, 3.63) is 62.7 Å². The highest BCUT2D eigenvalue weighted by molar-refractivity contribution is 9.10. The van der Waals surface area contributed by atoms with Crippen molar-refractivity contribution in [1.82, 2.24) is 20.9 Å². The zero-order valence-corrected chi connectivity index (χ0v) is 19.0. The van der Waals surface area contributed by atoms with Crippen molar-refractivity contribution in [1.29, 1.82) is 0 Å². The van der Waals surface area contributed by atoms with Gasteiger partial charge in [-0.15, -0.1) is 0 Å². The number of nitrogens with two attached hydrogens (primary N) is 1. The molecule has 0 fully saturated rings. The maximum Gasteiger partial charge on any atom is 0.277 e. The molecule has 0 aliphatic rings. The predicted octanol–water partition coefficient (Wildman–Crippen LogP) is 3.17. The molecule has 0 saturated carbocycles. The van der Waals surface area contributed by atoms with Gasteiger partial charge in [-0.05, 0) is 28.5 Å². The highest BCUT2D eigenvalue weighted by Gasteiger charge is 2.17. The molecule has 0 radical (unpaired) electrons. The molecule has 0 atom stereocenters. The average Bonchev–Trinajstić information content (AvgIpc) is 3.20. The van der Waals surface area contributed by atoms with Gasteiger partial charge in [0.25, 0.3) is 5.91 Å². The zero-order valence-electron chi connectivity index (χ0n) is 16.7. The Labute approximate surface area is 192 Å². The fraction of sp³-hybridized carbons (Fsp3) is 0.250. The molecule has 1 heterocycles. The van der Waals surface area contributed by atoms with Gasteiger partial charge in [-0.2, -0.15) is 0 Å². The van der Waals surface area contributed by atoms with Crippen LogP contribution >= 0.6 is 27.5 Å². The maximum absolute atomic E-state index is 12.0. The number of hydrogen-bond donors (Lipinski definition) is 3. The van der Waals surface area contributed by atoms with Crippen LogP contribution in [0.1, 0.15) is 21.6 Å². The summed E-state index contributed by atoms with van der Waals surface area (Å²) in [6.45, 7) is 1.61. The van der Waals surface area contributed by atoms with Gasteiger partial charge in [0.2, 0.25) is 11.5 Å². The van der Waals surface area contributed by atoms with Crippen molar-refractivity contribution in [3.8, 4) is 11.5 Å². The number of aromatic nitrogens is 2. The van der Waals surface area contributed by atoms with Crippen LogP contribution in [-0.2, 0) is 13.2 Å². The number of ether oxygens (including phenoxy) is 2. The molecule has 1 amide bonds. The van der Waals surface area contributed by atoms with Crippen LogP contribution in [0.25, 0.3) is 0 Å². The number of hydrogen-bond acceptors (Lipinski definition) is 8. The van der Waals surface area contributed by atoms with Gasteiger partial charge in [-0.1, -0.05) is 45.7 Å². The Morgan fingerprint density at radius 3 is 2.74 bits per heavy atom. The van der Waals surface area contributed by atoms with E-state index in [1.165, 1.54) is 0 Å². The summed E-state index contributed by atoms with van der Waals surface area (Å²) in [5.74, 6) is 0.710. The van der Waals surface area contributed by atoms with E-state index < -0.39 is 5.91 Å². The summed E-state index contributed by atoms with van der Waals surface area (Å²) in [5.41, 5.74) is 7.22. The van der Waals surface area contributed by atoms with Gasteiger partial charge >= 0.3 is 0 Å². The number of carbonyl (C=O) groups is 1. The smallest absolute Gasteiger partial charge is 0.277 e. The van der Waals surface area contributed by atoms with E-state index in [9.17, 15) is 4.79 Å². The number of nitrogens with zero attached hydrogens (tertiary/aromatic N) is 2. The van der Waals surface area contributed by atoms with E-state index in [0.29, 0.717) is 42.8 Å². The van der Waals surface area contributed by atoms with Crippen molar-refractivity contribution < 1.29 is 18.9 Å². The molecule has 0 bridgehead atoms. The molecule has 31 heavy (non-hydrogen) atoms. The number of amides is 1. The normalized spacial score (nSPS) is 10.7. The summed E-state index contributed by atoms with van der Waals surface area (Å²) in [6.07, 6.45) is 0. The molecule has 9 nitrogen and oxygen atoms in total. The van der Waals surface area contributed by atoms with E-state index in [-0.39, 0.29) is 11.5 Å². The van der Waals surface area contributed by atoms with E-state index in [1.54, 1.807) is 7.11 Å². The first-order valence-electron chi connectivity index (χ1n) is 9.29. The summed E-state index contributed by atoms with van der Waals surface area (Å²) in [6, 6.07) is 11.2. The van der Waals surface area contributed by atoms with Gasteiger partial charge in [-0.25, -0.2) is 4.63 Å². The monoisotopic (exact) mass is 509 g/mol. The standard InChI is InChI=1S/C20H21BrClN5O4/c1-29-16-7-6-14(21)13(18(16)30-11-12-4-2-3-5-15(12)22)10-24-8-9-25-20(28)17-19(23)27-31-26-17/h2-7,24H,8-11H2,1H3,(H2,23,27)(H,25,28). The van der Waals surface area contributed by atoms with E-state index in [2.05, 4.69) is 41.5 Å². The van der Waals surface area contributed by atoms with Gasteiger partial charge in [0.15, 0.2) is 11.5 Å². The Morgan fingerprint density at radius 1 is 1.23 bits per heavy atom. The van der Waals surface area contributed by atoms with Crippen LogP contribution in [0.15, 0.2) is 45.5 Å². The highest BCUT2D eigenvalue weighted by Crippen LogP contribution is 2.37. The first-order chi connectivity index (χ1) is 15.0. The molecular formula is C20H21BrClN5O4. The van der Waals surface area contributed by atoms with Crippen molar-refractivity contribution in [3.63, 3.8) is 0 Å². The first kappa shape index (κ1) is 22.9. The van der Waals surface area contributed by atoms with Crippen LogP contribution in [0.2, 0.25) is 5.02 Å². The number of halogens is 2. The molecule has 3 rings (SSSR count). The van der Waals surface area contributed by atoms with E-state index in [4.69, 9.17) is 26.8 Å². The molecule has 1 aromatic heterocycles. The summed E-state index contributed by atoms with van der Waals surface area (Å²) in [4.78, 5) is 12.0. The van der Waals surface area contributed by atoms with E-state index >= 15 is 0 Å². The second-order valence-corrected chi connectivity index (χ2v) is 7.63. The van der Waals surface area contributed by atoms with Gasteiger partial charge in [-0.3, -0.25) is 4.79 Å². The molecule has 164 valence electrons. The maximum atomic E-state index is 12.0. The number of nitrogens with one attached hydrogen (secondary N) is 2. The van der Waals surface area contributed by atoms with Crippen LogP contribution < -0.4 is 25.8 Å². The Morgan fingerprint density at radius 2 is 2.03 bits per heavy atom. The third-order valence-electron chi connectivity index (χ3n) is 4.34. The molecule has 3 aromatic rings. The number of rotatable bonds is 10. The molecule has 0 aliphatic carbocycles. The third-order valence-corrected chi connectivity index (χ3v) is 5.45. The van der Waals surface area contributed by atoms with Gasteiger partial charge in [0.1, 0.15) is 6.61 Å². The third kappa shape index (κ3) is 5.87. The molecule has 2 aromatic carbocycles. The Bertz CT molecular complexity index is 1050. The second-order valence-electron chi connectivity index (χ2n) is 6.37. The molecule has 0 aliphatic heterocycles. The minimum Gasteiger partial charge on any atom is -0.493 e. The fourth-order valence-electron chi connectivity index (χ4n) is 2.75. The van der Waals surface area contributed by atoms with Crippen LogP contribution in [0, 0.1) is 0 Å². The predicted molar refractivity (Wildman–Crippen MR) is 119 cm³/mol. The Hall–Kier alpha value is -2.82. The highest BCUT2D eigenvalue weighted by atomic mass is 79.9. The first-order valence-corrected chi connectivity index (χ1v) is 10.5. The van der Waals surface area contributed by atoms with Gasteiger partial charge < -0.3 is 25.8 Å². The summed E-state index contributed by atoms with van der Waals surface area (Å²) in [7, 11) is 1.59. The van der Waals surface area contributed by atoms with Gasteiger partial charge in [0, 0.05) is 40.3 Å². The summed E-state index contributed by atoms with van der Waals surface area (Å²) < 4.78 is 16.8. The number of benzene rings is 2. The molecule has 4 N–H and O–H groups in total. The van der Waals surface area contributed by atoms with E-state index in [0.717, 1.165) is 15.6 Å². The van der Waals surface area contributed by atoms with Crippen molar-refractivity contribution >= 4 is 39.3 Å². The Balaban J connectivity index is 1.60. The van der Waals surface area contributed by atoms with Crippen LogP contribution in [-0.4, -0.2) is 36.4 Å². The van der Waals surface area contributed by atoms with Crippen molar-refractivity contribution in [2.24, 2.45) is 0 Å². The lowest BCUT2D eigenvalue weighted by atomic mass is 10.1. The van der Waals surface area contributed by atoms with Crippen molar-refractivity contribution in [2.75, 3.05) is 25.9 Å². The topological polar surface area (TPSA) is 125 Å². The summed E-state index contributed by atoms with van der Waals surface area (Å²) in [5, 5.41) is 13.4. The lowest BCUT2D eigenvalue weighted by molar-refractivity contribution is 0.0944. The zero-order chi connectivity index (χ0) is 22.2. The quantitative estimate of drug-likeness (QED) is 0.355. The SMILES string of the molecule is COc1ccc(Br)c(CNCCNC(=O)c2nonc2N)c1OCc1ccccc1Cl. The van der Waals surface area contributed by atoms with E-state index in [1.807, 2.05) is 36.4 Å². The second kappa shape index (κ2) is 11.0. The lowest BCUT2D eigenvalue weighted by Crippen LogP contribution is -2.32. The van der Waals surface area contributed by atoms with Crippen LogP contribution in [0.4, 0.5) is 5.82 Å². The molecule has 0 spiro atoms. The number of methoxy groups -OCH3 is 1. The molecule has 0 unspecified atom stereocenters. The molecular weight excluding hydrogens is 490 g/mol. The number of anilines is 1. The van der Waals surface area contributed by atoms with Crippen LogP contribution in [0.3, 0.4) is 0 Å². The number of nitrogen functional groups attached to an aromatic ring is 1. The van der Waals surface area contributed by atoms with Crippen molar-refractivity contribution in [2.45, 2.75) is 13.2 Å². The molecule has 0 saturated heterocycles. The van der Waals surface area contributed by atoms with Crippen LogP contribution in [0.5, 0.6) is 11.5 Å². The largest absolute Gasteiger partial charge is 0.493 e. The minimum absolute atomic E-state index is 0.0363. The lowest BCUT2D eigenvalue weighted by Gasteiger charge is -2.17.